The molecule has 198 valence electrons. The maximum Gasteiger partial charge on any atom is 0.260 e. The van der Waals surface area contributed by atoms with Crippen LogP contribution >= 0.6 is 0 Å². The van der Waals surface area contributed by atoms with Crippen LogP contribution in [0, 0.1) is 0 Å². The standard InChI is InChI=1S/C27H29N5O5S/c33-24-18-31(38(36,37)25-12-3-5-13-28-25)14-7-10-22(24)30-26(34)23-11-4-6-15-32(23)27(35)20-16-19-8-1-2-9-21(19)29-17-20/h1-3,5,8-9,12-13,16-17,22-23H,4,6-7,10-11,14-15,18H2,(H,30,34)/t22?,23-/m0/s1. The van der Waals surface area contributed by atoms with Gasteiger partial charge in [-0.05, 0) is 56.4 Å². The fourth-order valence-corrected chi connectivity index (χ4v) is 6.43. The third-order valence-electron chi connectivity index (χ3n) is 7.08. The lowest BCUT2D eigenvalue weighted by Gasteiger charge is -2.35. The first kappa shape index (κ1) is 25.9. The Balaban J connectivity index is 1.28. The summed E-state index contributed by atoms with van der Waals surface area (Å²) in [7, 11) is -3.93. The Hall–Kier alpha value is -3.70. The lowest BCUT2D eigenvalue weighted by molar-refractivity contribution is -0.131. The Morgan fingerprint density at radius 1 is 0.947 bits per heavy atom. The van der Waals surface area contributed by atoms with E-state index in [1.807, 2.05) is 24.3 Å². The number of pyridine rings is 2. The maximum atomic E-state index is 13.4. The van der Waals surface area contributed by atoms with Gasteiger partial charge in [0, 0.05) is 30.9 Å². The average molecular weight is 536 g/mol. The van der Waals surface area contributed by atoms with E-state index in [2.05, 4.69) is 15.3 Å². The van der Waals surface area contributed by atoms with E-state index in [-0.39, 0.29) is 29.8 Å². The van der Waals surface area contributed by atoms with E-state index in [0.717, 1.165) is 28.0 Å². The molecule has 4 heterocycles. The number of hydrogen-bond donors (Lipinski definition) is 1. The Labute approximate surface area is 221 Å². The van der Waals surface area contributed by atoms with E-state index in [1.54, 1.807) is 23.1 Å². The van der Waals surface area contributed by atoms with Crippen molar-refractivity contribution in [1.29, 1.82) is 0 Å². The van der Waals surface area contributed by atoms with Crippen LogP contribution in [-0.2, 0) is 19.6 Å². The Bertz CT molecular complexity index is 1460. The molecule has 2 amide bonds. The van der Waals surface area contributed by atoms with E-state index in [1.165, 1.54) is 18.5 Å². The molecule has 1 aromatic carbocycles. The highest BCUT2D eigenvalue weighted by Gasteiger charge is 2.37. The molecular weight excluding hydrogens is 506 g/mol. The molecule has 10 nitrogen and oxygen atoms in total. The van der Waals surface area contributed by atoms with E-state index in [4.69, 9.17) is 0 Å². The molecule has 2 atom stereocenters. The third kappa shape index (κ3) is 5.30. The van der Waals surface area contributed by atoms with Gasteiger partial charge in [0.25, 0.3) is 15.9 Å². The second-order valence-corrected chi connectivity index (χ2v) is 11.5. The molecule has 11 heteroatoms. The van der Waals surface area contributed by atoms with Crippen LogP contribution in [0.2, 0.25) is 0 Å². The van der Waals surface area contributed by atoms with Gasteiger partial charge in [-0.15, -0.1) is 0 Å². The molecule has 2 aliphatic rings. The molecule has 0 radical (unpaired) electrons. The summed E-state index contributed by atoms with van der Waals surface area (Å²) < 4.78 is 27.1. The first-order valence-corrected chi connectivity index (χ1v) is 14.2. The molecule has 38 heavy (non-hydrogen) atoms. The number of aromatic nitrogens is 2. The second-order valence-electron chi connectivity index (χ2n) is 9.60. The van der Waals surface area contributed by atoms with Crippen LogP contribution in [0.1, 0.15) is 42.5 Å². The molecule has 2 aliphatic heterocycles. The summed E-state index contributed by atoms with van der Waals surface area (Å²) in [5.41, 5.74) is 1.19. The molecular formula is C27H29N5O5S. The summed E-state index contributed by atoms with van der Waals surface area (Å²) in [4.78, 5) is 49.7. The SMILES string of the molecule is O=C1CN(S(=O)(=O)c2ccccn2)CCCC1NC(=O)[C@@H]1CCCCN1C(=O)c1cnc2ccccc2c1. The van der Waals surface area contributed by atoms with Gasteiger partial charge in [0.15, 0.2) is 10.8 Å². The first-order chi connectivity index (χ1) is 18.3. The fraction of sp³-hybridized carbons (Fsp3) is 0.370. The summed E-state index contributed by atoms with van der Waals surface area (Å²) in [6.07, 6.45) is 5.68. The van der Waals surface area contributed by atoms with Crippen molar-refractivity contribution in [3.63, 3.8) is 0 Å². The van der Waals surface area contributed by atoms with Crippen LogP contribution in [0.25, 0.3) is 10.9 Å². The number of sulfonamides is 1. The number of fused-ring (bicyclic) bond motifs is 1. The summed E-state index contributed by atoms with van der Waals surface area (Å²) in [5.74, 6) is -1.06. The van der Waals surface area contributed by atoms with Crippen LogP contribution in [0.3, 0.4) is 0 Å². The minimum absolute atomic E-state index is 0.116. The highest BCUT2D eigenvalue weighted by atomic mass is 32.2. The van der Waals surface area contributed by atoms with Crippen molar-refractivity contribution in [2.75, 3.05) is 19.6 Å². The Morgan fingerprint density at radius 3 is 2.58 bits per heavy atom. The van der Waals surface area contributed by atoms with Crippen molar-refractivity contribution in [3.05, 3.63) is 66.5 Å². The third-order valence-corrected chi connectivity index (χ3v) is 8.84. The molecule has 0 bridgehead atoms. The Kier molecular flexibility index (Phi) is 7.48. The highest BCUT2D eigenvalue weighted by molar-refractivity contribution is 7.89. The number of benzene rings is 1. The maximum absolute atomic E-state index is 13.4. The van der Waals surface area contributed by atoms with Gasteiger partial charge < -0.3 is 10.2 Å². The smallest absolute Gasteiger partial charge is 0.260 e. The quantitative estimate of drug-likeness (QED) is 0.530. The number of carbonyl (C=O) groups is 3. The van der Waals surface area contributed by atoms with Gasteiger partial charge in [0.2, 0.25) is 5.91 Å². The monoisotopic (exact) mass is 535 g/mol. The molecule has 2 saturated heterocycles. The van der Waals surface area contributed by atoms with Crippen LogP contribution in [-0.4, -0.2) is 76.9 Å². The molecule has 5 rings (SSSR count). The van der Waals surface area contributed by atoms with Gasteiger partial charge in [-0.3, -0.25) is 19.4 Å². The van der Waals surface area contributed by atoms with Gasteiger partial charge in [0.1, 0.15) is 6.04 Å². The topological polar surface area (TPSA) is 130 Å². The minimum atomic E-state index is -3.93. The summed E-state index contributed by atoms with van der Waals surface area (Å²) in [6.45, 7) is 0.235. The lowest BCUT2D eigenvalue weighted by Crippen LogP contribution is -2.55. The van der Waals surface area contributed by atoms with Gasteiger partial charge in [-0.2, -0.15) is 4.31 Å². The molecule has 0 saturated carbocycles. The Morgan fingerprint density at radius 2 is 1.76 bits per heavy atom. The number of rotatable bonds is 5. The predicted molar refractivity (Wildman–Crippen MR) is 140 cm³/mol. The van der Waals surface area contributed by atoms with E-state index in [9.17, 15) is 22.8 Å². The molecule has 0 spiro atoms. The number of nitrogens with zero attached hydrogens (tertiary/aromatic N) is 4. The van der Waals surface area contributed by atoms with E-state index < -0.39 is 28.0 Å². The molecule has 2 fully saturated rings. The number of likely N-dealkylation sites (tertiary alicyclic amines) is 1. The zero-order chi connectivity index (χ0) is 26.7. The molecule has 3 aromatic rings. The van der Waals surface area contributed by atoms with Crippen molar-refractivity contribution in [2.45, 2.75) is 49.2 Å². The minimum Gasteiger partial charge on any atom is -0.344 e. The molecule has 0 aliphatic carbocycles. The largest absolute Gasteiger partial charge is 0.344 e. The fourth-order valence-electron chi connectivity index (χ4n) is 5.05. The number of para-hydroxylation sites is 1. The number of amides is 2. The molecule has 1 unspecified atom stereocenters. The number of hydrogen-bond acceptors (Lipinski definition) is 7. The van der Waals surface area contributed by atoms with Crippen LogP contribution in [0.4, 0.5) is 0 Å². The van der Waals surface area contributed by atoms with Gasteiger partial charge in [-0.25, -0.2) is 13.4 Å². The average Bonchev–Trinajstić information content (AvgIpc) is 3.14. The second kappa shape index (κ2) is 11.0. The van der Waals surface area contributed by atoms with Crippen molar-refractivity contribution in [2.24, 2.45) is 0 Å². The number of piperidine rings is 1. The molecule has 2 aromatic heterocycles. The number of ketones is 1. The van der Waals surface area contributed by atoms with Crippen molar-refractivity contribution in [1.82, 2.24) is 24.5 Å². The number of carbonyl (C=O) groups excluding carboxylic acids is 3. The van der Waals surface area contributed by atoms with Crippen LogP contribution in [0.5, 0.6) is 0 Å². The number of nitrogens with one attached hydrogen (secondary N) is 1. The van der Waals surface area contributed by atoms with Gasteiger partial charge in [-0.1, -0.05) is 24.3 Å². The lowest BCUT2D eigenvalue weighted by atomic mass is 9.99. The van der Waals surface area contributed by atoms with Crippen molar-refractivity contribution < 1.29 is 22.8 Å². The first-order valence-electron chi connectivity index (χ1n) is 12.7. The van der Waals surface area contributed by atoms with Crippen LogP contribution in [0.15, 0.2) is 66.0 Å². The number of Topliss-reactive ketones (excluding diaryl/α,β-unsaturated/α-hetero) is 1. The predicted octanol–water partition coefficient (Wildman–Crippen LogP) is 2.16. The summed E-state index contributed by atoms with van der Waals surface area (Å²) in [5, 5.41) is 3.54. The normalized spacial score (nSPS) is 21.2. The highest BCUT2D eigenvalue weighted by Crippen LogP contribution is 2.23. The van der Waals surface area contributed by atoms with Gasteiger partial charge in [0.05, 0.1) is 23.7 Å². The molecule has 1 N–H and O–H groups in total. The van der Waals surface area contributed by atoms with E-state index >= 15 is 0 Å². The van der Waals surface area contributed by atoms with Crippen molar-refractivity contribution >= 4 is 38.5 Å². The zero-order valence-electron chi connectivity index (χ0n) is 20.8. The van der Waals surface area contributed by atoms with E-state index in [0.29, 0.717) is 31.4 Å². The van der Waals surface area contributed by atoms with Crippen LogP contribution < -0.4 is 5.32 Å². The summed E-state index contributed by atoms with van der Waals surface area (Å²) >= 11 is 0. The van der Waals surface area contributed by atoms with Crippen molar-refractivity contribution in [3.8, 4) is 0 Å². The summed E-state index contributed by atoms with van der Waals surface area (Å²) in [6, 6.07) is 12.3. The van der Waals surface area contributed by atoms with Gasteiger partial charge >= 0.3 is 0 Å². The zero-order valence-corrected chi connectivity index (χ0v) is 21.6.